The highest BCUT2D eigenvalue weighted by atomic mass is 16.4. The van der Waals surface area contributed by atoms with Crippen LogP contribution in [0.3, 0.4) is 0 Å². The van der Waals surface area contributed by atoms with E-state index in [1.165, 1.54) is 0 Å². The van der Waals surface area contributed by atoms with Crippen LogP contribution in [0, 0.1) is 0 Å². The summed E-state index contributed by atoms with van der Waals surface area (Å²) in [6, 6.07) is 1.78. The molecule has 0 spiro atoms. The Labute approximate surface area is 82.7 Å². The molecule has 1 fully saturated rings. The monoisotopic (exact) mass is 194 g/mol. The maximum Gasteiger partial charge on any atom is 0.314 e. The summed E-state index contributed by atoms with van der Waals surface area (Å²) in [7, 11) is 0. The van der Waals surface area contributed by atoms with Crippen LogP contribution in [-0.2, 0) is 10.2 Å². The standard InChI is InChI=1S/C11H14O3/c12-10(13)11(5-2-1-3-6-11)9-4-7-14-8-9/h4,7-8H,1-3,5-6H2,(H,12,13). The van der Waals surface area contributed by atoms with Crippen LogP contribution in [0.1, 0.15) is 37.7 Å². The Bertz CT molecular complexity index is 307. The summed E-state index contributed by atoms with van der Waals surface area (Å²) in [6.45, 7) is 0. The summed E-state index contributed by atoms with van der Waals surface area (Å²) >= 11 is 0. The molecular formula is C11H14O3. The fraction of sp³-hybridized carbons (Fsp3) is 0.545. The molecule has 0 saturated heterocycles. The van der Waals surface area contributed by atoms with E-state index < -0.39 is 11.4 Å². The normalized spacial score (nSPS) is 20.6. The average Bonchev–Trinajstić information content (AvgIpc) is 2.72. The number of aliphatic carboxylic acids is 1. The van der Waals surface area contributed by atoms with Crippen LogP contribution in [-0.4, -0.2) is 11.1 Å². The minimum atomic E-state index is -0.710. The van der Waals surface area contributed by atoms with Gasteiger partial charge in [0, 0.05) is 5.56 Å². The van der Waals surface area contributed by atoms with Crippen LogP contribution in [0.2, 0.25) is 0 Å². The molecule has 1 aliphatic rings. The van der Waals surface area contributed by atoms with E-state index in [1.54, 1.807) is 18.6 Å². The van der Waals surface area contributed by atoms with Crippen molar-refractivity contribution < 1.29 is 14.3 Å². The molecule has 0 amide bonds. The summed E-state index contributed by atoms with van der Waals surface area (Å²) < 4.78 is 4.98. The van der Waals surface area contributed by atoms with Crippen LogP contribution in [0.5, 0.6) is 0 Å². The Kier molecular flexibility index (Phi) is 2.32. The van der Waals surface area contributed by atoms with Crippen molar-refractivity contribution in [3.63, 3.8) is 0 Å². The van der Waals surface area contributed by atoms with Gasteiger partial charge in [-0.3, -0.25) is 4.79 Å². The van der Waals surface area contributed by atoms with Gasteiger partial charge in [0.15, 0.2) is 0 Å². The minimum Gasteiger partial charge on any atom is -0.481 e. The Balaban J connectivity index is 2.35. The van der Waals surface area contributed by atoms with E-state index in [-0.39, 0.29) is 0 Å². The van der Waals surface area contributed by atoms with E-state index in [0.717, 1.165) is 37.7 Å². The Morgan fingerprint density at radius 1 is 1.36 bits per heavy atom. The highest BCUT2D eigenvalue weighted by molar-refractivity contribution is 5.81. The molecule has 0 unspecified atom stereocenters. The zero-order valence-electron chi connectivity index (χ0n) is 8.03. The molecule has 76 valence electrons. The second-order valence-electron chi connectivity index (χ2n) is 3.96. The summed E-state index contributed by atoms with van der Waals surface area (Å²) in [5.74, 6) is -0.710. The van der Waals surface area contributed by atoms with E-state index in [9.17, 15) is 9.90 Å². The zero-order chi connectivity index (χ0) is 10.0. The lowest BCUT2D eigenvalue weighted by Crippen LogP contribution is -2.37. The Morgan fingerprint density at radius 3 is 2.57 bits per heavy atom. The molecular weight excluding hydrogens is 180 g/mol. The molecule has 0 bridgehead atoms. The highest BCUT2D eigenvalue weighted by Crippen LogP contribution is 2.39. The van der Waals surface area contributed by atoms with Gasteiger partial charge in [-0.2, -0.15) is 0 Å². The topological polar surface area (TPSA) is 50.4 Å². The van der Waals surface area contributed by atoms with E-state index in [4.69, 9.17) is 4.42 Å². The molecule has 0 aromatic carbocycles. The SMILES string of the molecule is O=C(O)C1(c2ccoc2)CCCCC1. The van der Waals surface area contributed by atoms with Crippen molar-refractivity contribution in [2.75, 3.05) is 0 Å². The van der Waals surface area contributed by atoms with Crippen molar-refractivity contribution in [2.24, 2.45) is 0 Å². The van der Waals surface area contributed by atoms with Crippen molar-refractivity contribution in [3.8, 4) is 0 Å². The molecule has 1 aromatic rings. The lowest BCUT2D eigenvalue weighted by Gasteiger charge is -2.32. The molecule has 3 heteroatoms. The van der Waals surface area contributed by atoms with Gasteiger partial charge in [0.05, 0.1) is 17.9 Å². The molecule has 1 N–H and O–H groups in total. The van der Waals surface area contributed by atoms with Gasteiger partial charge in [-0.15, -0.1) is 0 Å². The molecule has 1 aliphatic carbocycles. The molecule has 1 heterocycles. The fourth-order valence-electron chi connectivity index (χ4n) is 2.32. The van der Waals surface area contributed by atoms with Gasteiger partial charge in [0.25, 0.3) is 0 Å². The molecule has 3 nitrogen and oxygen atoms in total. The molecule has 1 saturated carbocycles. The summed E-state index contributed by atoms with van der Waals surface area (Å²) in [5, 5.41) is 9.32. The number of hydrogen-bond donors (Lipinski definition) is 1. The minimum absolute atomic E-state index is 0.675. The van der Waals surface area contributed by atoms with Crippen LogP contribution in [0.25, 0.3) is 0 Å². The first kappa shape index (κ1) is 9.31. The number of carboxylic acids is 1. The van der Waals surface area contributed by atoms with Crippen molar-refractivity contribution in [1.29, 1.82) is 0 Å². The number of carboxylic acid groups (broad SMARTS) is 1. The third-order valence-electron chi connectivity index (χ3n) is 3.19. The van der Waals surface area contributed by atoms with Crippen LogP contribution in [0.15, 0.2) is 23.0 Å². The Hall–Kier alpha value is -1.25. The summed E-state index contributed by atoms with van der Waals surface area (Å²) in [5.41, 5.74) is 0.148. The molecule has 1 aromatic heterocycles. The average molecular weight is 194 g/mol. The fourth-order valence-corrected chi connectivity index (χ4v) is 2.32. The van der Waals surface area contributed by atoms with E-state index in [1.807, 2.05) is 0 Å². The van der Waals surface area contributed by atoms with Gasteiger partial charge in [-0.1, -0.05) is 19.3 Å². The second kappa shape index (κ2) is 3.48. The maximum absolute atomic E-state index is 11.3. The van der Waals surface area contributed by atoms with Gasteiger partial charge < -0.3 is 9.52 Å². The highest BCUT2D eigenvalue weighted by Gasteiger charge is 2.41. The quantitative estimate of drug-likeness (QED) is 0.787. The predicted octanol–water partition coefficient (Wildman–Crippen LogP) is 2.57. The van der Waals surface area contributed by atoms with Crippen molar-refractivity contribution in [2.45, 2.75) is 37.5 Å². The number of carbonyl (C=O) groups is 1. The van der Waals surface area contributed by atoms with Gasteiger partial charge in [0.2, 0.25) is 0 Å². The second-order valence-corrected chi connectivity index (χ2v) is 3.96. The molecule has 2 rings (SSSR count). The van der Waals surface area contributed by atoms with E-state index in [0.29, 0.717) is 0 Å². The van der Waals surface area contributed by atoms with Crippen LogP contribution >= 0.6 is 0 Å². The first-order valence-corrected chi connectivity index (χ1v) is 5.02. The van der Waals surface area contributed by atoms with Gasteiger partial charge in [-0.25, -0.2) is 0 Å². The number of furan rings is 1. The van der Waals surface area contributed by atoms with Gasteiger partial charge in [0.1, 0.15) is 0 Å². The lowest BCUT2D eigenvalue weighted by molar-refractivity contribution is -0.145. The zero-order valence-corrected chi connectivity index (χ0v) is 8.03. The van der Waals surface area contributed by atoms with Gasteiger partial charge >= 0.3 is 5.97 Å². The molecule has 0 aliphatic heterocycles. The third kappa shape index (κ3) is 1.33. The van der Waals surface area contributed by atoms with Crippen LogP contribution < -0.4 is 0 Å². The van der Waals surface area contributed by atoms with Crippen molar-refractivity contribution in [3.05, 3.63) is 24.2 Å². The number of rotatable bonds is 2. The smallest absolute Gasteiger partial charge is 0.314 e. The van der Waals surface area contributed by atoms with Crippen molar-refractivity contribution in [1.82, 2.24) is 0 Å². The molecule has 14 heavy (non-hydrogen) atoms. The van der Waals surface area contributed by atoms with E-state index >= 15 is 0 Å². The largest absolute Gasteiger partial charge is 0.481 e. The van der Waals surface area contributed by atoms with Crippen LogP contribution in [0.4, 0.5) is 0 Å². The van der Waals surface area contributed by atoms with Gasteiger partial charge in [-0.05, 0) is 18.9 Å². The third-order valence-corrected chi connectivity index (χ3v) is 3.19. The summed E-state index contributed by atoms with van der Waals surface area (Å²) in [6.07, 6.45) is 7.74. The van der Waals surface area contributed by atoms with Crippen molar-refractivity contribution >= 4 is 5.97 Å². The van der Waals surface area contributed by atoms with E-state index in [2.05, 4.69) is 0 Å². The number of hydrogen-bond acceptors (Lipinski definition) is 2. The maximum atomic E-state index is 11.3. The first-order chi connectivity index (χ1) is 6.76. The predicted molar refractivity (Wildman–Crippen MR) is 51.1 cm³/mol. The lowest BCUT2D eigenvalue weighted by atomic mass is 9.70. The Morgan fingerprint density at radius 2 is 2.07 bits per heavy atom. The summed E-state index contributed by atoms with van der Waals surface area (Å²) in [4.78, 5) is 11.3. The molecule has 0 atom stereocenters. The molecule has 0 radical (unpaired) electrons. The first-order valence-electron chi connectivity index (χ1n) is 5.02.